The van der Waals surface area contributed by atoms with Crippen LogP contribution >= 0.6 is 22.7 Å². The molecular formula is C44H24OS2. The van der Waals surface area contributed by atoms with E-state index in [1.165, 1.54) is 94.9 Å². The lowest BCUT2D eigenvalue weighted by atomic mass is 9.85. The first kappa shape index (κ1) is 25.7. The fourth-order valence-electron chi connectivity index (χ4n) is 7.95. The van der Waals surface area contributed by atoms with Gasteiger partial charge in [-0.3, -0.25) is 0 Å². The minimum Gasteiger partial charge on any atom is -0.456 e. The zero-order valence-electron chi connectivity index (χ0n) is 25.1. The monoisotopic (exact) mass is 632 g/mol. The minimum absolute atomic E-state index is 0.923. The lowest BCUT2D eigenvalue weighted by Gasteiger charge is -2.18. The molecule has 0 aliphatic heterocycles. The number of rotatable bonds is 2. The van der Waals surface area contributed by atoms with Gasteiger partial charge in [0.25, 0.3) is 0 Å². The molecule has 3 heterocycles. The molecule has 3 heteroatoms. The van der Waals surface area contributed by atoms with Crippen LogP contribution in [-0.2, 0) is 0 Å². The molecule has 218 valence electrons. The zero-order valence-corrected chi connectivity index (χ0v) is 26.7. The van der Waals surface area contributed by atoms with Crippen LogP contribution in [0.2, 0.25) is 0 Å². The molecular weight excluding hydrogens is 609 g/mol. The van der Waals surface area contributed by atoms with E-state index in [1.807, 2.05) is 22.7 Å². The van der Waals surface area contributed by atoms with E-state index in [4.69, 9.17) is 4.42 Å². The Morgan fingerprint density at radius 2 is 0.894 bits per heavy atom. The van der Waals surface area contributed by atoms with Gasteiger partial charge in [-0.25, -0.2) is 0 Å². The number of fused-ring (bicyclic) bond motifs is 12. The van der Waals surface area contributed by atoms with Gasteiger partial charge in [-0.2, -0.15) is 0 Å². The smallest absolute Gasteiger partial charge is 0.136 e. The van der Waals surface area contributed by atoms with Crippen molar-refractivity contribution in [1.82, 2.24) is 0 Å². The molecule has 0 radical (unpaired) electrons. The third-order valence-corrected chi connectivity index (χ3v) is 12.1. The lowest BCUT2D eigenvalue weighted by molar-refractivity contribution is 0.669. The minimum atomic E-state index is 0.923. The summed E-state index contributed by atoms with van der Waals surface area (Å²) in [6, 6.07) is 53.3. The first-order valence-corrected chi connectivity index (χ1v) is 17.6. The molecule has 0 aliphatic carbocycles. The van der Waals surface area contributed by atoms with Gasteiger partial charge in [0.1, 0.15) is 11.2 Å². The van der Waals surface area contributed by atoms with Crippen molar-refractivity contribution in [3.8, 4) is 22.3 Å². The van der Waals surface area contributed by atoms with Crippen molar-refractivity contribution in [3.63, 3.8) is 0 Å². The Balaban J connectivity index is 1.22. The lowest BCUT2D eigenvalue weighted by Crippen LogP contribution is -1.91. The highest BCUT2D eigenvalue weighted by atomic mass is 32.1. The summed E-state index contributed by atoms with van der Waals surface area (Å²) < 4.78 is 11.9. The average molecular weight is 633 g/mol. The fourth-order valence-corrected chi connectivity index (χ4v) is 10.2. The van der Waals surface area contributed by atoms with Crippen LogP contribution in [0.25, 0.3) is 106 Å². The van der Waals surface area contributed by atoms with Gasteiger partial charge in [0.15, 0.2) is 0 Å². The van der Waals surface area contributed by atoms with E-state index in [9.17, 15) is 0 Å². The number of benzene rings is 8. The van der Waals surface area contributed by atoms with E-state index in [2.05, 4.69) is 146 Å². The molecule has 0 saturated carbocycles. The first-order valence-electron chi connectivity index (χ1n) is 15.9. The van der Waals surface area contributed by atoms with E-state index in [0.29, 0.717) is 0 Å². The van der Waals surface area contributed by atoms with Crippen LogP contribution in [0.5, 0.6) is 0 Å². The van der Waals surface area contributed by atoms with Crippen LogP contribution in [0, 0.1) is 0 Å². The Labute approximate surface area is 277 Å². The second kappa shape index (κ2) is 9.52. The van der Waals surface area contributed by atoms with Crippen LogP contribution in [-0.4, -0.2) is 0 Å². The number of hydrogen-bond donors (Lipinski definition) is 0. The number of thiophene rings is 2. The molecule has 3 aromatic heterocycles. The second-order valence-corrected chi connectivity index (χ2v) is 14.5. The van der Waals surface area contributed by atoms with E-state index < -0.39 is 0 Å². The van der Waals surface area contributed by atoms with Gasteiger partial charge in [0, 0.05) is 51.1 Å². The molecule has 0 amide bonds. The maximum absolute atomic E-state index is 6.64. The van der Waals surface area contributed by atoms with Crippen LogP contribution in [0.1, 0.15) is 0 Å². The zero-order chi connectivity index (χ0) is 30.6. The molecule has 0 aliphatic rings. The Hall–Kier alpha value is -5.48. The predicted octanol–water partition coefficient (Wildman–Crippen LogP) is 14.0. The average Bonchev–Trinajstić information content (AvgIpc) is 3.81. The molecule has 8 aromatic carbocycles. The molecule has 47 heavy (non-hydrogen) atoms. The van der Waals surface area contributed by atoms with E-state index in [0.717, 1.165) is 11.2 Å². The highest BCUT2D eigenvalue weighted by Crippen LogP contribution is 2.49. The third-order valence-electron chi connectivity index (χ3n) is 9.87. The summed E-state index contributed by atoms with van der Waals surface area (Å²) in [7, 11) is 0. The Morgan fingerprint density at radius 3 is 1.57 bits per heavy atom. The molecule has 11 aromatic rings. The van der Waals surface area contributed by atoms with Gasteiger partial charge >= 0.3 is 0 Å². The summed E-state index contributed by atoms with van der Waals surface area (Å²) in [6.07, 6.45) is 0. The highest BCUT2D eigenvalue weighted by molar-refractivity contribution is 7.26. The summed E-state index contributed by atoms with van der Waals surface area (Å²) in [5, 5.41) is 12.7. The van der Waals surface area contributed by atoms with Crippen molar-refractivity contribution in [3.05, 3.63) is 146 Å². The molecule has 0 fully saturated rings. The summed E-state index contributed by atoms with van der Waals surface area (Å²) in [5.41, 5.74) is 6.86. The molecule has 0 bridgehead atoms. The summed E-state index contributed by atoms with van der Waals surface area (Å²) in [5.74, 6) is 0. The summed E-state index contributed by atoms with van der Waals surface area (Å²) in [4.78, 5) is 0. The van der Waals surface area contributed by atoms with Crippen LogP contribution in [0.15, 0.2) is 150 Å². The topological polar surface area (TPSA) is 13.1 Å². The molecule has 0 spiro atoms. The second-order valence-electron chi connectivity index (χ2n) is 12.3. The Morgan fingerprint density at radius 1 is 0.340 bits per heavy atom. The van der Waals surface area contributed by atoms with E-state index in [1.54, 1.807) is 0 Å². The highest BCUT2D eigenvalue weighted by Gasteiger charge is 2.21. The Kier molecular flexibility index (Phi) is 5.20. The third kappa shape index (κ3) is 3.53. The molecule has 1 nitrogen and oxygen atoms in total. The van der Waals surface area contributed by atoms with Crippen molar-refractivity contribution >= 4 is 107 Å². The van der Waals surface area contributed by atoms with E-state index in [-0.39, 0.29) is 0 Å². The SMILES string of the molecule is c1ccc2c(c1)sc1cccc(-c3c4ccccc4c(-c4ccc5c(c4)oc4ccc6sc7ccccc7c6c45)c4ccccc34)c12. The fraction of sp³-hybridized carbons (Fsp3) is 0. The molecule has 11 rings (SSSR count). The normalized spacial score (nSPS) is 12.3. The van der Waals surface area contributed by atoms with E-state index >= 15 is 0 Å². The quantitative estimate of drug-likeness (QED) is 0.173. The standard InChI is InChI=1S/C44H24OS2/c1-3-12-28-26(10-1)40(25-20-21-30-35(24-25)45-34-22-23-39-44(43(30)34)32-15-6-8-18-37(32)47-39)27-11-2-4-13-29(27)41(28)33-16-9-19-38-42(33)31-14-5-7-17-36(31)46-38/h1-24H. The maximum atomic E-state index is 6.64. The largest absolute Gasteiger partial charge is 0.456 e. The van der Waals surface area contributed by atoms with Gasteiger partial charge in [-0.15, -0.1) is 22.7 Å². The van der Waals surface area contributed by atoms with Gasteiger partial charge in [0.2, 0.25) is 0 Å². The van der Waals surface area contributed by atoms with Crippen molar-refractivity contribution < 1.29 is 4.42 Å². The van der Waals surface area contributed by atoms with Crippen LogP contribution in [0.3, 0.4) is 0 Å². The maximum Gasteiger partial charge on any atom is 0.136 e. The first-order chi connectivity index (χ1) is 23.3. The summed E-state index contributed by atoms with van der Waals surface area (Å²) in [6.45, 7) is 0. The molecule has 0 atom stereocenters. The number of furan rings is 1. The number of hydrogen-bond acceptors (Lipinski definition) is 3. The predicted molar refractivity (Wildman–Crippen MR) is 205 cm³/mol. The van der Waals surface area contributed by atoms with Gasteiger partial charge < -0.3 is 4.42 Å². The molecule has 0 N–H and O–H groups in total. The Bertz CT molecular complexity index is 3020. The van der Waals surface area contributed by atoms with Crippen molar-refractivity contribution in [2.24, 2.45) is 0 Å². The van der Waals surface area contributed by atoms with Crippen molar-refractivity contribution in [2.45, 2.75) is 0 Å². The summed E-state index contributed by atoms with van der Waals surface area (Å²) >= 11 is 3.73. The van der Waals surface area contributed by atoms with Gasteiger partial charge in [0.05, 0.1) is 0 Å². The van der Waals surface area contributed by atoms with Crippen molar-refractivity contribution in [2.75, 3.05) is 0 Å². The van der Waals surface area contributed by atoms with Crippen molar-refractivity contribution in [1.29, 1.82) is 0 Å². The van der Waals surface area contributed by atoms with Crippen LogP contribution in [0.4, 0.5) is 0 Å². The molecule has 0 unspecified atom stereocenters. The van der Waals surface area contributed by atoms with Crippen LogP contribution < -0.4 is 0 Å². The molecule has 0 saturated heterocycles. The van der Waals surface area contributed by atoms with Gasteiger partial charge in [-0.05, 0) is 86.3 Å². The van der Waals surface area contributed by atoms with Gasteiger partial charge in [-0.1, -0.05) is 103 Å².